The number of carbonyl (C=O) groups excluding carboxylic acids is 2. The summed E-state index contributed by atoms with van der Waals surface area (Å²) in [6.45, 7) is 2.30. The van der Waals surface area contributed by atoms with E-state index in [0.717, 1.165) is 24.0 Å². The van der Waals surface area contributed by atoms with E-state index in [9.17, 15) is 9.59 Å². The van der Waals surface area contributed by atoms with Crippen LogP contribution in [-0.4, -0.2) is 24.8 Å². The number of ether oxygens (including phenoxy) is 2. The fraction of sp³-hybridized carbons (Fsp3) is 0.167. The predicted molar refractivity (Wildman–Crippen MR) is 206 cm³/mol. The van der Waals surface area contributed by atoms with E-state index in [1.54, 1.807) is 48.5 Å². The third kappa shape index (κ3) is 12.5. The van der Waals surface area contributed by atoms with Crippen molar-refractivity contribution in [2.45, 2.75) is 38.9 Å². The van der Waals surface area contributed by atoms with Crippen LogP contribution in [0.2, 0.25) is 0 Å². The van der Waals surface area contributed by atoms with Crippen LogP contribution in [0, 0.1) is 47.4 Å². The third-order valence-corrected chi connectivity index (χ3v) is 7.70. The van der Waals surface area contributed by atoms with Crippen molar-refractivity contribution in [3.05, 3.63) is 178 Å². The Morgan fingerprint density at radius 3 is 1.17 bits per heavy atom. The van der Waals surface area contributed by atoms with Crippen LogP contribution in [0.1, 0.15) is 79.8 Å². The Kier molecular flexibility index (Phi) is 14.9. The van der Waals surface area contributed by atoms with Crippen LogP contribution < -0.4 is 0 Å². The number of hydrogen-bond acceptors (Lipinski definition) is 4. The average Bonchev–Trinajstić information content (AvgIpc) is 3.20. The van der Waals surface area contributed by atoms with Crippen molar-refractivity contribution in [1.29, 1.82) is 0 Å². The number of benzene rings is 5. The number of rotatable bonds is 12. The van der Waals surface area contributed by atoms with Gasteiger partial charge in [-0.1, -0.05) is 157 Å². The maximum Gasteiger partial charge on any atom is 0.236 e. The molecule has 0 aliphatic heterocycles. The minimum atomic E-state index is -0.318. The number of carbonyl (C=O) groups is 2. The third-order valence-electron chi connectivity index (χ3n) is 7.70. The summed E-state index contributed by atoms with van der Waals surface area (Å²) in [5.74, 6) is 24.0. The molecule has 5 rings (SSSR count). The molecule has 0 aliphatic carbocycles. The molecule has 52 heavy (non-hydrogen) atoms. The van der Waals surface area contributed by atoms with Crippen LogP contribution in [0.15, 0.2) is 133 Å². The second kappa shape index (κ2) is 21.0. The van der Waals surface area contributed by atoms with Crippen molar-refractivity contribution in [2.75, 3.05) is 13.2 Å². The molecule has 0 amide bonds. The second-order valence-electron chi connectivity index (χ2n) is 11.7. The van der Waals surface area contributed by atoms with E-state index < -0.39 is 0 Å². The fourth-order valence-corrected chi connectivity index (χ4v) is 4.95. The second-order valence-corrected chi connectivity index (χ2v) is 11.7. The van der Waals surface area contributed by atoms with Gasteiger partial charge < -0.3 is 9.47 Å². The highest BCUT2D eigenvalue weighted by Crippen LogP contribution is 2.17. The lowest BCUT2D eigenvalue weighted by molar-refractivity contribution is 0.104. The van der Waals surface area contributed by atoms with Crippen molar-refractivity contribution in [3.63, 3.8) is 0 Å². The fourth-order valence-electron chi connectivity index (χ4n) is 4.95. The molecule has 0 saturated carbocycles. The van der Waals surface area contributed by atoms with E-state index >= 15 is 0 Å². The zero-order valence-electron chi connectivity index (χ0n) is 29.0. The molecular formula is C48H38O4. The van der Waals surface area contributed by atoms with E-state index in [1.807, 2.05) is 84.9 Å². The first-order chi connectivity index (χ1) is 25.7. The zero-order valence-corrected chi connectivity index (χ0v) is 29.0. The van der Waals surface area contributed by atoms with Gasteiger partial charge in [0.15, 0.2) is 0 Å². The summed E-state index contributed by atoms with van der Waals surface area (Å²) in [5.41, 5.74) is 5.59. The van der Waals surface area contributed by atoms with Gasteiger partial charge in [0.1, 0.15) is 0 Å². The summed E-state index contributed by atoms with van der Waals surface area (Å²) < 4.78 is 11.6. The SMILES string of the molecule is O=C(C#Cc1cc(C#CCCCOCc2ccccc2)c(C#CCCCOCc2ccccc2)cc1C#CC(=O)c1ccccc1)c1ccccc1. The number of Topliss-reactive ketones (excluding diaryl/α,β-unsaturated/α-hetero) is 2. The molecule has 0 unspecified atom stereocenters. The minimum Gasteiger partial charge on any atom is -0.377 e. The maximum atomic E-state index is 12.9. The molecule has 5 aromatic carbocycles. The molecule has 0 spiro atoms. The van der Waals surface area contributed by atoms with Gasteiger partial charge in [0.25, 0.3) is 0 Å². The monoisotopic (exact) mass is 678 g/mol. The van der Waals surface area contributed by atoms with Gasteiger partial charge in [0, 0.05) is 59.4 Å². The molecule has 0 atom stereocenters. The molecule has 0 radical (unpaired) electrons. The Hall–Kier alpha value is -6.40. The summed E-state index contributed by atoms with van der Waals surface area (Å²) in [6, 6.07) is 41.5. The van der Waals surface area contributed by atoms with E-state index in [2.05, 4.69) is 47.4 Å². The molecule has 4 heteroatoms. The average molecular weight is 679 g/mol. The summed E-state index contributed by atoms with van der Waals surface area (Å²) in [7, 11) is 0. The number of hydrogen-bond donors (Lipinski definition) is 0. The van der Waals surface area contributed by atoms with Gasteiger partial charge in [-0.25, -0.2) is 0 Å². The first-order valence-corrected chi connectivity index (χ1v) is 17.3. The highest BCUT2D eigenvalue weighted by Gasteiger charge is 2.08. The van der Waals surface area contributed by atoms with Crippen molar-refractivity contribution in [2.24, 2.45) is 0 Å². The zero-order chi connectivity index (χ0) is 36.1. The molecule has 254 valence electrons. The van der Waals surface area contributed by atoms with Gasteiger partial charge in [-0.05, 0) is 47.9 Å². The smallest absolute Gasteiger partial charge is 0.236 e. The Labute approximate surface area is 307 Å². The van der Waals surface area contributed by atoms with Gasteiger partial charge in [0.2, 0.25) is 11.6 Å². The molecule has 0 aromatic heterocycles. The molecular weight excluding hydrogens is 641 g/mol. The molecule has 0 aliphatic rings. The Balaban J connectivity index is 1.37. The van der Waals surface area contributed by atoms with Crippen molar-refractivity contribution in [1.82, 2.24) is 0 Å². The van der Waals surface area contributed by atoms with Crippen LogP contribution in [0.3, 0.4) is 0 Å². The first kappa shape index (κ1) is 36.9. The van der Waals surface area contributed by atoms with Crippen LogP contribution in [0.5, 0.6) is 0 Å². The van der Waals surface area contributed by atoms with Crippen LogP contribution in [0.4, 0.5) is 0 Å². The van der Waals surface area contributed by atoms with Gasteiger partial charge in [-0.2, -0.15) is 0 Å². The normalized spacial score (nSPS) is 9.85. The lowest BCUT2D eigenvalue weighted by atomic mass is 9.97. The van der Waals surface area contributed by atoms with Gasteiger partial charge in [-0.3, -0.25) is 9.59 Å². The highest BCUT2D eigenvalue weighted by molar-refractivity contribution is 6.10. The van der Waals surface area contributed by atoms with Gasteiger partial charge >= 0.3 is 0 Å². The van der Waals surface area contributed by atoms with E-state index in [4.69, 9.17) is 9.47 Å². The van der Waals surface area contributed by atoms with Crippen molar-refractivity contribution < 1.29 is 19.1 Å². The molecule has 0 bridgehead atoms. The summed E-state index contributed by atoms with van der Waals surface area (Å²) in [5, 5.41) is 0. The van der Waals surface area contributed by atoms with Crippen LogP contribution >= 0.6 is 0 Å². The van der Waals surface area contributed by atoms with Crippen molar-refractivity contribution in [3.8, 4) is 47.4 Å². The Morgan fingerprint density at radius 1 is 0.442 bits per heavy atom. The molecule has 0 heterocycles. The van der Waals surface area contributed by atoms with E-state index in [0.29, 0.717) is 72.6 Å². The van der Waals surface area contributed by atoms with Crippen molar-refractivity contribution >= 4 is 11.6 Å². The molecule has 0 fully saturated rings. The van der Waals surface area contributed by atoms with E-state index in [-0.39, 0.29) is 11.6 Å². The maximum absolute atomic E-state index is 12.9. The Morgan fingerprint density at radius 2 is 0.788 bits per heavy atom. The predicted octanol–water partition coefficient (Wildman–Crippen LogP) is 8.85. The lowest BCUT2D eigenvalue weighted by Gasteiger charge is -2.04. The molecule has 0 N–H and O–H groups in total. The summed E-state index contributed by atoms with van der Waals surface area (Å²) >= 11 is 0. The van der Waals surface area contributed by atoms with Crippen LogP contribution in [0.25, 0.3) is 0 Å². The Bertz CT molecular complexity index is 2020. The standard InChI is InChI=1S/C48H38O4/c49-47(41-23-11-3-12-24-41)31-29-45-35-43(27-15-5-17-33-51-37-39-19-7-1-8-20-39)44(28-16-6-18-34-52-38-40-21-9-2-10-22-40)36-46(45)30-32-48(50)42-25-13-4-14-26-42/h1-4,7-14,19-26,35-36H,5-6,17-18,33-34,37-38H2. The molecule has 5 aromatic rings. The first-order valence-electron chi connectivity index (χ1n) is 17.3. The van der Waals surface area contributed by atoms with Gasteiger partial charge in [0.05, 0.1) is 13.2 Å². The molecule has 4 nitrogen and oxygen atoms in total. The van der Waals surface area contributed by atoms with Crippen LogP contribution in [-0.2, 0) is 22.7 Å². The number of unbranched alkanes of at least 4 members (excludes halogenated alkanes) is 2. The van der Waals surface area contributed by atoms with E-state index in [1.165, 1.54) is 0 Å². The summed E-state index contributed by atoms with van der Waals surface area (Å²) in [6.07, 6.45) is 2.79. The largest absolute Gasteiger partial charge is 0.377 e. The quantitative estimate of drug-likeness (QED) is 0.0752. The van der Waals surface area contributed by atoms with Gasteiger partial charge in [-0.15, -0.1) is 0 Å². The highest BCUT2D eigenvalue weighted by atomic mass is 16.5. The lowest BCUT2D eigenvalue weighted by Crippen LogP contribution is -1.98. The number of ketones is 2. The minimum absolute atomic E-state index is 0.318. The molecule has 0 saturated heterocycles. The topological polar surface area (TPSA) is 52.6 Å². The summed E-state index contributed by atoms with van der Waals surface area (Å²) in [4.78, 5) is 25.8.